The van der Waals surface area contributed by atoms with Crippen molar-refractivity contribution in [2.24, 2.45) is 0 Å². The number of hydrogen-bond donors (Lipinski definition) is 1. The molecule has 4 nitrogen and oxygen atoms in total. The molecule has 3 aromatic heterocycles. The second-order valence-electron chi connectivity index (χ2n) is 4.11. The summed E-state index contributed by atoms with van der Waals surface area (Å²) in [4.78, 5) is 8.62. The molecule has 0 aliphatic rings. The van der Waals surface area contributed by atoms with Crippen molar-refractivity contribution in [3.63, 3.8) is 0 Å². The van der Waals surface area contributed by atoms with Crippen LogP contribution in [0, 0.1) is 0 Å². The summed E-state index contributed by atoms with van der Waals surface area (Å²) in [6.07, 6.45) is 5.68. The van der Waals surface area contributed by atoms with Crippen molar-refractivity contribution in [3.8, 4) is 5.13 Å². The second kappa shape index (κ2) is 5.77. The fourth-order valence-electron chi connectivity index (χ4n) is 1.90. The molecule has 0 bridgehead atoms. The van der Waals surface area contributed by atoms with E-state index in [4.69, 9.17) is 0 Å². The van der Waals surface area contributed by atoms with Crippen LogP contribution >= 0.6 is 11.3 Å². The zero-order valence-electron chi connectivity index (χ0n) is 10.4. The predicted molar refractivity (Wildman–Crippen MR) is 76.2 cm³/mol. The van der Waals surface area contributed by atoms with Gasteiger partial charge in [0.2, 0.25) is 0 Å². The lowest BCUT2D eigenvalue weighted by Gasteiger charge is -2.07. The van der Waals surface area contributed by atoms with Crippen LogP contribution in [0.3, 0.4) is 0 Å². The van der Waals surface area contributed by atoms with E-state index in [-0.39, 0.29) is 0 Å². The van der Waals surface area contributed by atoms with Crippen molar-refractivity contribution in [2.45, 2.75) is 13.1 Å². The van der Waals surface area contributed by atoms with Crippen molar-refractivity contribution < 1.29 is 0 Å². The molecule has 0 saturated heterocycles. The van der Waals surface area contributed by atoms with E-state index in [1.54, 1.807) is 11.3 Å². The van der Waals surface area contributed by atoms with Gasteiger partial charge < -0.3 is 5.32 Å². The van der Waals surface area contributed by atoms with Crippen molar-refractivity contribution in [1.29, 1.82) is 0 Å². The second-order valence-corrected chi connectivity index (χ2v) is 4.98. The third-order valence-corrected chi connectivity index (χ3v) is 3.57. The topological polar surface area (TPSA) is 42.7 Å². The van der Waals surface area contributed by atoms with Crippen LogP contribution in [0.15, 0.2) is 54.3 Å². The quantitative estimate of drug-likeness (QED) is 0.775. The maximum absolute atomic E-state index is 4.33. The third-order valence-electron chi connectivity index (χ3n) is 2.80. The van der Waals surface area contributed by atoms with Crippen LogP contribution in [0.5, 0.6) is 0 Å². The number of thiazole rings is 1. The van der Waals surface area contributed by atoms with E-state index in [1.807, 2.05) is 48.2 Å². The molecule has 0 radical (unpaired) electrons. The first kappa shape index (κ1) is 12.1. The van der Waals surface area contributed by atoms with E-state index in [0.29, 0.717) is 0 Å². The van der Waals surface area contributed by atoms with E-state index in [2.05, 4.69) is 25.9 Å². The highest BCUT2D eigenvalue weighted by molar-refractivity contribution is 7.12. The normalized spacial score (nSPS) is 10.7. The summed E-state index contributed by atoms with van der Waals surface area (Å²) in [6, 6.07) is 10.1. The highest BCUT2D eigenvalue weighted by atomic mass is 32.1. The minimum Gasteiger partial charge on any atom is -0.306 e. The lowest BCUT2D eigenvalue weighted by molar-refractivity contribution is 0.658. The zero-order valence-corrected chi connectivity index (χ0v) is 11.2. The van der Waals surface area contributed by atoms with E-state index >= 15 is 0 Å². The fourth-order valence-corrected chi connectivity index (χ4v) is 2.56. The van der Waals surface area contributed by atoms with Crippen molar-refractivity contribution in [3.05, 3.63) is 65.7 Å². The summed E-state index contributed by atoms with van der Waals surface area (Å²) in [5.41, 5.74) is 2.25. The molecule has 3 aromatic rings. The molecule has 0 amide bonds. The van der Waals surface area contributed by atoms with E-state index in [1.165, 1.54) is 5.69 Å². The van der Waals surface area contributed by atoms with Gasteiger partial charge >= 0.3 is 0 Å². The van der Waals surface area contributed by atoms with Crippen LogP contribution in [0.25, 0.3) is 5.13 Å². The van der Waals surface area contributed by atoms with Crippen molar-refractivity contribution in [1.82, 2.24) is 19.9 Å². The molecule has 0 aromatic carbocycles. The van der Waals surface area contributed by atoms with Crippen LogP contribution in [0.1, 0.15) is 11.4 Å². The molecule has 3 heterocycles. The Labute approximate surface area is 115 Å². The Morgan fingerprint density at radius 3 is 2.84 bits per heavy atom. The van der Waals surface area contributed by atoms with Gasteiger partial charge in [-0.1, -0.05) is 6.07 Å². The number of rotatable bonds is 5. The maximum Gasteiger partial charge on any atom is 0.193 e. The Balaban J connectivity index is 1.64. The number of nitrogens with zero attached hydrogens (tertiary/aromatic N) is 3. The first-order chi connectivity index (χ1) is 9.43. The molecule has 96 valence electrons. The summed E-state index contributed by atoms with van der Waals surface area (Å²) < 4.78 is 2.11. The van der Waals surface area contributed by atoms with E-state index in [9.17, 15) is 0 Å². The van der Waals surface area contributed by atoms with Crippen molar-refractivity contribution >= 4 is 11.3 Å². The van der Waals surface area contributed by atoms with Crippen LogP contribution in [-0.4, -0.2) is 14.5 Å². The summed E-state index contributed by atoms with van der Waals surface area (Å²) in [5, 5.41) is 6.39. The standard InChI is InChI=1S/C14H14N4S/c1-2-6-16-12(4-1)10-15-11-13-5-3-8-18(13)14-17-7-9-19-14/h1-9,15H,10-11H2. The average molecular weight is 270 g/mol. The Kier molecular flexibility index (Phi) is 3.67. The molecular weight excluding hydrogens is 256 g/mol. The van der Waals surface area contributed by atoms with Gasteiger partial charge in [0.1, 0.15) is 0 Å². The Morgan fingerprint density at radius 2 is 2.05 bits per heavy atom. The van der Waals surface area contributed by atoms with Crippen LogP contribution in [-0.2, 0) is 13.1 Å². The van der Waals surface area contributed by atoms with Gasteiger partial charge in [0.25, 0.3) is 0 Å². The Morgan fingerprint density at radius 1 is 1.05 bits per heavy atom. The molecule has 0 aliphatic heterocycles. The number of aromatic nitrogens is 3. The number of pyridine rings is 1. The highest BCUT2D eigenvalue weighted by Gasteiger charge is 2.04. The SMILES string of the molecule is c1ccc(CNCc2cccn2-c2nccs2)nc1. The van der Waals surface area contributed by atoms with Gasteiger partial charge in [0, 0.05) is 42.8 Å². The summed E-state index contributed by atoms with van der Waals surface area (Å²) in [7, 11) is 0. The van der Waals surface area contributed by atoms with Gasteiger partial charge in [-0.05, 0) is 24.3 Å². The highest BCUT2D eigenvalue weighted by Crippen LogP contribution is 2.14. The summed E-state index contributed by atoms with van der Waals surface area (Å²) in [6.45, 7) is 1.56. The first-order valence-corrected chi connectivity index (χ1v) is 6.98. The lowest BCUT2D eigenvalue weighted by atomic mass is 10.3. The number of hydrogen-bond acceptors (Lipinski definition) is 4. The Bertz CT molecular complexity index is 616. The third kappa shape index (κ3) is 2.89. The van der Waals surface area contributed by atoms with Gasteiger partial charge in [0.15, 0.2) is 5.13 Å². The van der Waals surface area contributed by atoms with Crippen molar-refractivity contribution in [2.75, 3.05) is 0 Å². The minimum absolute atomic E-state index is 0.768. The molecule has 3 rings (SSSR count). The molecule has 1 N–H and O–H groups in total. The fraction of sp³-hybridized carbons (Fsp3) is 0.143. The summed E-state index contributed by atoms with van der Waals surface area (Å²) in [5.74, 6) is 0. The van der Waals surface area contributed by atoms with Crippen LogP contribution in [0.4, 0.5) is 0 Å². The molecule has 0 unspecified atom stereocenters. The summed E-state index contributed by atoms with van der Waals surface area (Å²) >= 11 is 1.64. The monoisotopic (exact) mass is 270 g/mol. The number of nitrogens with one attached hydrogen (secondary N) is 1. The van der Waals surface area contributed by atoms with Crippen LogP contribution < -0.4 is 5.32 Å². The predicted octanol–water partition coefficient (Wildman–Crippen LogP) is 2.62. The van der Waals surface area contributed by atoms with E-state index < -0.39 is 0 Å². The van der Waals surface area contributed by atoms with Gasteiger partial charge in [-0.2, -0.15) is 0 Å². The maximum atomic E-state index is 4.33. The molecule has 5 heteroatoms. The van der Waals surface area contributed by atoms with E-state index in [0.717, 1.165) is 23.9 Å². The average Bonchev–Trinajstić information content (AvgIpc) is 3.10. The molecule has 0 aliphatic carbocycles. The molecule has 19 heavy (non-hydrogen) atoms. The smallest absolute Gasteiger partial charge is 0.193 e. The Hall–Kier alpha value is -1.98. The largest absolute Gasteiger partial charge is 0.306 e. The van der Waals surface area contributed by atoms with Gasteiger partial charge in [0.05, 0.1) is 5.69 Å². The molecular formula is C14H14N4S. The molecule has 0 saturated carbocycles. The lowest BCUT2D eigenvalue weighted by Crippen LogP contribution is -2.15. The van der Waals surface area contributed by atoms with Gasteiger partial charge in [-0.3, -0.25) is 9.55 Å². The minimum atomic E-state index is 0.768. The zero-order chi connectivity index (χ0) is 12.9. The van der Waals surface area contributed by atoms with Gasteiger partial charge in [-0.15, -0.1) is 11.3 Å². The molecule has 0 spiro atoms. The first-order valence-electron chi connectivity index (χ1n) is 6.10. The van der Waals surface area contributed by atoms with Crippen LogP contribution in [0.2, 0.25) is 0 Å². The molecule has 0 fully saturated rings. The van der Waals surface area contributed by atoms with Gasteiger partial charge in [-0.25, -0.2) is 4.98 Å². The molecule has 0 atom stereocenters.